The second-order valence-electron chi connectivity index (χ2n) is 11.6. The highest BCUT2D eigenvalue weighted by atomic mass is 32.1. The van der Waals surface area contributed by atoms with Crippen molar-refractivity contribution < 1.29 is 30.0 Å². The van der Waals surface area contributed by atoms with E-state index in [4.69, 9.17) is 35.9 Å². The number of phenolic OH excluding ortho intramolecular Hbond substituents is 2. The molecule has 242 valence electrons. The largest absolute Gasteiger partial charge is 0.507 e. The Kier molecular flexibility index (Phi) is 9.36. The van der Waals surface area contributed by atoms with Crippen LogP contribution in [0.2, 0.25) is 0 Å². The maximum atomic E-state index is 13.5. The molecule has 0 saturated heterocycles. The predicted octanol–water partition coefficient (Wildman–Crippen LogP) is 3.75. The molecule has 0 aromatic heterocycles. The van der Waals surface area contributed by atoms with Gasteiger partial charge >= 0.3 is 0 Å². The lowest BCUT2D eigenvalue weighted by molar-refractivity contribution is -0.113. The molecular formula is C32H36N6O6S2. The Morgan fingerprint density at radius 1 is 0.674 bits per heavy atom. The zero-order valence-corrected chi connectivity index (χ0v) is 27.7. The molecule has 12 N–H and O–H groups in total. The lowest BCUT2D eigenvalue weighted by atomic mass is 9.75. The first-order valence-corrected chi connectivity index (χ1v) is 15.1. The number of nitrogens with one attached hydrogen (secondary N) is 4. The minimum atomic E-state index is -0.751. The standard InChI is InChI=1S/C32H36N6O6S2/c1-11(2)19-15-7-13(5)21(27(41)23(15)17(25(39)29(19)43)9-35-37-31(33)45)22-14(6)8-16-20(12(3)4)30(44)26(40)18(24(16)28(22)42)10-36-38-32(34)46/h7-12,35-36,41-44H,1-6H3,(H3,33,37,45)(H3,34,38,46). The number of hydrogen-bond donors (Lipinski definition) is 10. The van der Waals surface area contributed by atoms with Gasteiger partial charge in [-0.2, -0.15) is 0 Å². The maximum absolute atomic E-state index is 13.5. The zero-order valence-electron chi connectivity index (χ0n) is 26.0. The van der Waals surface area contributed by atoms with Gasteiger partial charge in [-0.15, -0.1) is 0 Å². The van der Waals surface area contributed by atoms with Gasteiger partial charge in [0.15, 0.2) is 21.7 Å². The van der Waals surface area contributed by atoms with Crippen molar-refractivity contribution in [3.8, 4) is 22.6 Å². The minimum Gasteiger partial charge on any atom is -0.507 e. The Balaban J connectivity index is 2.11. The number of aliphatic hydroxyl groups is 2. The van der Waals surface area contributed by atoms with Gasteiger partial charge in [0.25, 0.3) is 0 Å². The fourth-order valence-corrected chi connectivity index (χ4v) is 6.10. The van der Waals surface area contributed by atoms with Crippen LogP contribution >= 0.6 is 24.4 Å². The minimum absolute atomic E-state index is 0.0896. The third-order valence-electron chi connectivity index (χ3n) is 7.77. The van der Waals surface area contributed by atoms with Crippen molar-refractivity contribution in [3.05, 3.63) is 69.4 Å². The molecule has 2 aliphatic carbocycles. The van der Waals surface area contributed by atoms with Crippen LogP contribution in [0, 0.1) is 25.7 Å². The molecule has 0 aliphatic heterocycles. The van der Waals surface area contributed by atoms with E-state index in [2.05, 4.69) is 21.7 Å². The van der Waals surface area contributed by atoms with Crippen molar-refractivity contribution in [2.75, 3.05) is 0 Å². The summed E-state index contributed by atoms with van der Waals surface area (Å²) >= 11 is 9.65. The number of aliphatic hydroxyl groups excluding tert-OH is 2. The van der Waals surface area contributed by atoms with E-state index in [9.17, 15) is 30.0 Å². The maximum Gasteiger partial charge on any atom is 0.229 e. The van der Waals surface area contributed by atoms with E-state index in [0.717, 1.165) is 0 Å². The average Bonchev–Trinajstić information content (AvgIpc) is 2.94. The summed E-state index contributed by atoms with van der Waals surface area (Å²) in [5.74, 6) is -3.73. The highest BCUT2D eigenvalue weighted by molar-refractivity contribution is 7.80. The van der Waals surface area contributed by atoms with E-state index in [0.29, 0.717) is 33.4 Å². The van der Waals surface area contributed by atoms with Crippen molar-refractivity contribution in [1.82, 2.24) is 21.7 Å². The zero-order chi connectivity index (χ0) is 34.4. The van der Waals surface area contributed by atoms with Gasteiger partial charge in [0.05, 0.1) is 11.1 Å². The second kappa shape index (κ2) is 12.7. The number of nitrogens with two attached hydrogens (primary N) is 2. The molecule has 0 amide bonds. The van der Waals surface area contributed by atoms with Crippen molar-refractivity contribution in [1.29, 1.82) is 0 Å². The smallest absolute Gasteiger partial charge is 0.229 e. The molecule has 14 heteroatoms. The van der Waals surface area contributed by atoms with Crippen LogP contribution in [0.15, 0.2) is 36.1 Å². The Morgan fingerprint density at radius 2 is 1.00 bits per heavy atom. The summed E-state index contributed by atoms with van der Waals surface area (Å²) in [6.07, 6.45) is 2.46. The van der Waals surface area contributed by atoms with E-state index < -0.39 is 23.1 Å². The monoisotopic (exact) mass is 664 g/mol. The molecule has 4 rings (SSSR count). The first-order chi connectivity index (χ1) is 21.5. The van der Waals surface area contributed by atoms with Gasteiger partial charge in [0.2, 0.25) is 11.6 Å². The summed E-state index contributed by atoms with van der Waals surface area (Å²) in [6.45, 7) is 10.7. The number of Topliss-reactive ketones (excluding diaryl/α,β-unsaturated/α-hetero) is 2. The number of carbonyl (C=O) groups excluding carboxylic acids is 2. The summed E-state index contributed by atoms with van der Waals surface area (Å²) in [7, 11) is 0. The van der Waals surface area contributed by atoms with E-state index in [-0.39, 0.29) is 67.0 Å². The van der Waals surface area contributed by atoms with Crippen LogP contribution in [0.5, 0.6) is 11.5 Å². The topological polar surface area (TPSA) is 215 Å². The number of fused-ring (bicyclic) bond motifs is 2. The van der Waals surface area contributed by atoms with Crippen LogP contribution in [0.1, 0.15) is 61.1 Å². The normalized spacial score (nSPS) is 16.3. The van der Waals surface area contributed by atoms with E-state index in [1.54, 1.807) is 26.0 Å². The van der Waals surface area contributed by atoms with Crippen LogP contribution in [-0.4, -0.2) is 42.2 Å². The molecule has 2 aromatic carbocycles. The van der Waals surface area contributed by atoms with Crippen LogP contribution in [0.4, 0.5) is 0 Å². The number of carbonyl (C=O) groups is 2. The number of aromatic hydroxyl groups is 2. The molecular weight excluding hydrogens is 629 g/mol. The molecule has 0 fully saturated rings. The molecule has 2 aromatic rings. The van der Waals surface area contributed by atoms with Gasteiger partial charge in [-0.3, -0.25) is 20.4 Å². The number of ketones is 2. The fourth-order valence-electron chi connectivity index (χ4n) is 5.99. The summed E-state index contributed by atoms with van der Waals surface area (Å²) in [4.78, 5) is 26.9. The van der Waals surface area contributed by atoms with Crippen LogP contribution < -0.4 is 33.2 Å². The van der Waals surface area contributed by atoms with Gasteiger partial charge in [0.1, 0.15) is 11.5 Å². The highest BCUT2D eigenvalue weighted by Gasteiger charge is 2.38. The first-order valence-electron chi connectivity index (χ1n) is 14.2. The third kappa shape index (κ3) is 5.72. The molecule has 0 atom stereocenters. The second-order valence-corrected chi connectivity index (χ2v) is 12.4. The molecule has 0 unspecified atom stereocenters. The van der Waals surface area contributed by atoms with Crippen LogP contribution in [0.3, 0.4) is 0 Å². The van der Waals surface area contributed by atoms with Gasteiger partial charge < -0.3 is 42.7 Å². The van der Waals surface area contributed by atoms with Crippen molar-refractivity contribution in [2.24, 2.45) is 23.3 Å². The Labute approximate surface area is 276 Å². The number of phenols is 2. The quantitative estimate of drug-likeness (QED) is 0.116. The third-order valence-corrected chi connectivity index (χ3v) is 7.98. The number of thiocarbonyl (C=S) groups is 2. The summed E-state index contributed by atoms with van der Waals surface area (Å²) in [6, 6.07) is 3.44. The molecule has 46 heavy (non-hydrogen) atoms. The van der Waals surface area contributed by atoms with Gasteiger partial charge in [0, 0.05) is 45.8 Å². The van der Waals surface area contributed by atoms with E-state index >= 15 is 0 Å². The lowest BCUT2D eigenvalue weighted by Gasteiger charge is -2.29. The number of allylic oxidation sites excluding steroid dienone is 4. The van der Waals surface area contributed by atoms with Gasteiger partial charge in [-0.05, 0) is 72.4 Å². The Morgan fingerprint density at radius 3 is 1.28 bits per heavy atom. The number of aryl methyl sites for hydroxylation is 2. The lowest BCUT2D eigenvalue weighted by Crippen LogP contribution is -2.38. The summed E-state index contributed by atoms with van der Waals surface area (Å²) in [5, 5.41) is 45.7. The predicted molar refractivity (Wildman–Crippen MR) is 186 cm³/mol. The van der Waals surface area contributed by atoms with Crippen LogP contribution in [0.25, 0.3) is 33.4 Å². The van der Waals surface area contributed by atoms with E-state index in [1.807, 2.05) is 27.7 Å². The van der Waals surface area contributed by atoms with Gasteiger partial charge in [-0.1, -0.05) is 39.8 Å². The Bertz CT molecular complexity index is 1720. The molecule has 12 nitrogen and oxygen atoms in total. The van der Waals surface area contributed by atoms with Crippen molar-refractivity contribution in [3.63, 3.8) is 0 Å². The van der Waals surface area contributed by atoms with E-state index in [1.165, 1.54) is 12.4 Å². The van der Waals surface area contributed by atoms with Crippen molar-refractivity contribution in [2.45, 2.75) is 41.5 Å². The first kappa shape index (κ1) is 33.8. The Hall–Kier alpha value is -5.08. The molecule has 0 spiro atoms. The van der Waals surface area contributed by atoms with Gasteiger partial charge in [-0.25, -0.2) is 0 Å². The average molecular weight is 665 g/mol. The van der Waals surface area contributed by atoms with Crippen LogP contribution in [-0.2, 0) is 9.59 Å². The molecule has 0 bridgehead atoms. The number of hydrogen-bond acceptors (Lipinski definition) is 10. The number of rotatable bonds is 7. The molecule has 0 saturated carbocycles. The number of hydrazine groups is 2. The van der Waals surface area contributed by atoms with Crippen molar-refractivity contribution >= 4 is 68.5 Å². The molecule has 2 aliphatic rings. The summed E-state index contributed by atoms with van der Waals surface area (Å²) < 4.78 is 0. The fraction of sp³-hybridized carbons (Fsp3) is 0.250. The molecule has 0 heterocycles. The highest BCUT2D eigenvalue weighted by Crippen LogP contribution is 2.53. The molecule has 0 radical (unpaired) electrons. The number of benzene rings is 2. The summed E-state index contributed by atoms with van der Waals surface area (Å²) in [5.41, 5.74) is 24.2. The SMILES string of the molecule is Cc1cc2c(c(O)c1-c1c(C)cc3c(c1O)C(=CNNC(N)=S)C(=O)C(O)=C3C(C)C)C(=CNNC(N)=S)C(=O)C(O)=C2C(C)C.